The fourth-order valence-electron chi connectivity index (χ4n) is 1.85. The van der Waals surface area contributed by atoms with Gasteiger partial charge < -0.3 is 10.6 Å². The molecule has 0 fully saturated rings. The lowest BCUT2D eigenvalue weighted by atomic mass is 10.2. The average Bonchev–Trinajstić information content (AvgIpc) is 2.59. The number of carbonyl (C=O) groups is 1. The number of pyridine rings is 1. The van der Waals surface area contributed by atoms with E-state index < -0.39 is 15.9 Å². The molecule has 0 aliphatic rings. The third kappa shape index (κ3) is 5.42. The maximum absolute atomic E-state index is 12.1. The van der Waals surface area contributed by atoms with Gasteiger partial charge in [0.2, 0.25) is 10.0 Å². The molecule has 0 aliphatic heterocycles. The van der Waals surface area contributed by atoms with Crippen LogP contribution in [0.5, 0.6) is 0 Å². The molecular formula is C16H15N5O3S. The third-order valence-corrected chi connectivity index (χ3v) is 4.04. The van der Waals surface area contributed by atoms with E-state index in [-0.39, 0.29) is 10.5 Å². The molecule has 0 unspecified atom stereocenters. The summed E-state index contributed by atoms with van der Waals surface area (Å²) >= 11 is 0. The summed E-state index contributed by atoms with van der Waals surface area (Å²) in [4.78, 5) is 15.9. The Labute approximate surface area is 145 Å². The number of nitrogens with two attached hydrogens (primary N) is 1. The average molecular weight is 357 g/mol. The van der Waals surface area contributed by atoms with Gasteiger partial charge in [-0.15, -0.1) is 0 Å². The Hall–Kier alpha value is -3.22. The van der Waals surface area contributed by atoms with Crippen LogP contribution in [0, 0.1) is 11.3 Å². The van der Waals surface area contributed by atoms with Crippen molar-refractivity contribution in [2.45, 2.75) is 11.4 Å². The number of nitrogens with one attached hydrogen (secondary N) is 2. The van der Waals surface area contributed by atoms with E-state index in [1.54, 1.807) is 30.6 Å². The molecule has 4 N–H and O–H groups in total. The van der Waals surface area contributed by atoms with Crippen molar-refractivity contribution in [3.8, 4) is 6.07 Å². The second kappa shape index (κ2) is 8.05. The monoisotopic (exact) mass is 357 g/mol. The number of anilines is 1. The normalized spacial score (nSPS) is 11.4. The molecule has 1 aromatic carbocycles. The highest BCUT2D eigenvalue weighted by Crippen LogP contribution is 2.13. The summed E-state index contributed by atoms with van der Waals surface area (Å²) in [6, 6.07) is 10.7. The van der Waals surface area contributed by atoms with E-state index in [2.05, 4.69) is 15.6 Å². The molecule has 0 atom stereocenters. The summed E-state index contributed by atoms with van der Waals surface area (Å²) in [5.74, 6) is -0.618. The first kappa shape index (κ1) is 18.1. The van der Waals surface area contributed by atoms with Crippen molar-refractivity contribution < 1.29 is 13.2 Å². The maximum Gasteiger partial charge on any atom is 0.267 e. The highest BCUT2D eigenvalue weighted by Gasteiger charge is 2.11. The Morgan fingerprint density at radius 2 is 1.84 bits per heavy atom. The Kier molecular flexibility index (Phi) is 5.84. The van der Waals surface area contributed by atoms with Crippen LogP contribution in [0.3, 0.4) is 0 Å². The minimum Gasteiger partial charge on any atom is -0.386 e. The molecule has 0 aliphatic carbocycles. The number of nitriles is 1. The molecule has 2 rings (SSSR count). The summed E-state index contributed by atoms with van der Waals surface area (Å²) in [6.45, 7) is 0.435. The van der Waals surface area contributed by atoms with Gasteiger partial charge in [0, 0.05) is 30.8 Å². The Morgan fingerprint density at radius 1 is 1.20 bits per heavy atom. The molecule has 1 amide bonds. The van der Waals surface area contributed by atoms with Crippen LogP contribution in [0.15, 0.2) is 65.5 Å². The van der Waals surface area contributed by atoms with Crippen molar-refractivity contribution in [1.82, 2.24) is 10.3 Å². The minimum absolute atomic E-state index is 0.0689. The van der Waals surface area contributed by atoms with Crippen LogP contribution in [0.25, 0.3) is 0 Å². The Balaban J connectivity index is 2.00. The van der Waals surface area contributed by atoms with E-state index in [0.29, 0.717) is 12.2 Å². The molecule has 8 nitrogen and oxygen atoms in total. The zero-order valence-corrected chi connectivity index (χ0v) is 13.8. The molecule has 25 heavy (non-hydrogen) atoms. The first-order valence-electron chi connectivity index (χ1n) is 7.07. The van der Waals surface area contributed by atoms with Gasteiger partial charge in [-0.25, -0.2) is 13.6 Å². The van der Waals surface area contributed by atoms with Crippen molar-refractivity contribution in [3.05, 3.63) is 66.1 Å². The largest absolute Gasteiger partial charge is 0.386 e. The molecule has 0 bridgehead atoms. The summed E-state index contributed by atoms with van der Waals surface area (Å²) in [6.07, 6.45) is 4.60. The number of primary sulfonamides is 1. The van der Waals surface area contributed by atoms with Crippen molar-refractivity contribution in [3.63, 3.8) is 0 Å². The number of hydrogen-bond acceptors (Lipinski definition) is 6. The first-order valence-corrected chi connectivity index (χ1v) is 8.61. The first-order chi connectivity index (χ1) is 11.9. The lowest BCUT2D eigenvalue weighted by molar-refractivity contribution is -0.112. The van der Waals surface area contributed by atoms with Crippen LogP contribution in [-0.4, -0.2) is 19.3 Å². The van der Waals surface area contributed by atoms with Gasteiger partial charge in [-0.1, -0.05) is 0 Å². The summed E-state index contributed by atoms with van der Waals surface area (Å²) < 4.78 is 22.4. The number of benzene rings is 1. The minimum atomic E-state index is -3.80. The van der Waals surface area contributed by atoms with Crippen LogP contribution < -0.4 is 15.8 Å². The standard InChI is InChI=1S/C16H15N5O3S/c17-9-13(11-20-10-12-5-7-19-8-6-12)16(22)21-14-1-3-15(4-2-14)25(18,23)24/h1-8,11,20H,10H2,(H,21,22)(H2,18,23,24)/b13-11-. The number of rotatable bonds is 6. The highest BCUT2D eigenvalue weighted by atomic mass is 32.2. The van der Waals surface area contributed by atoms with Crippen molar-refractivity contribution in [2.24, 2.45) is 5.14 Å². The van der Waals surface area contributed by atoms with E-state index in [4.69, 9.17) is 10.4 Å². The molecule has 0 spiro atoms. The number of sulfonamides is 1. The molecular weight excluding hydrogens is 342 g/mol. The van der Waals surface area contributed by atoms with Crippen LogP contribution >= 0.6 is 0 Å². The van der Waals surface area contributed by atoms with Gasteiger partial charge in [-0.2, -0.15) is 5.26 Å². The lowest BCUT2D eigenvalue weighted by Crippen LogP contribution is -2.17. The molecule has 9 heteroatoms. The molecule has 128 valence electrons. The fourth-order valence-corrected chi connectivity index (χ4v) is 2.36. The quantitative estimate of drug-likeness (QED) is 0.518. The number of aromatic nitrogens is 1. The van der Waals surface area contributed by atoms with Gasteiger partial charge in [0.05, 0.1) is 4.90 Å². The SMILES string of the molecule is N#C/C(=C/NCc1ccncc1)C(=O)Nc1ccc(S(N)(=O)=O)cc1. The van der Waals surface area contributed by atoms with Gasteiger partial charge in [0.25, 0.3) is 5.91 Å². The van der Waals surface area contributed by atoms with Gasteiger partial charge in [0.1, 0.15) is 11.6 Å². The molecule has 1 heterocycles. The van der Waals surface area contributed by atoms with Crippen LogP contribution in [0.1, 0.15) is 5.56 Å². The topological polar surface area (TPSA) is 138 Å². The van der Waals surface area contributed by atoms with Gasteiger partial charge in [-0.05, 0) is 42.0 Å². The van der Waals surface area contributed by atoms with E-state index >= 15 is 0 Å². The smallest absolute Gasteiger partial charge is 0.267 e. The Morgan fingerprint density at radius 3 is 2.40 bits per heavy atom. The summed E-state index contributed by atoms with van der Waals surface area (Å²) in [7, 11) is -3.80. The van der Waals surface area contributed by atoms with E-state index in [0.717, 1.165) is 5.56 Å². The second-order valence-electron chi connectivity index (χ2n) is 4.93. The highest BCUT2D eigenvalue weighted by molar-refractivity contribution is 7.89. The summed E-state index contributed by atoms with van der Waals surface area (Å²) in [5.41, 5.74) is 1.17. The van der Waals surface area contributed by atoms with Gasteiger partial charge in [-0.3, -0.25) is 9.78 Å². The van der Waals surface area contributed by atoms with Crippen molar-refractivity contribution in [2.75, 3.05) is 5.32 Å². The van der Waals surface area contributed by atoms with E-state index in [1.165, 1.54) is 30.5 Å². The fraction of sp³-hybridized carbons (Fsp3) is 0.0625. The number of nitrogens with zero attached hydrogens (tertiary/aromatic N) is 2. The third-order valence-electron chi connectivity index (χ3n) is 3.11. The van der Waals surface area contributed by atoms with E-state index in [9.17, 15) is 13.2 Å². The second-order valence-corrected chi connectivity index (χ2v) is 6.49. The Bertz CT molecular complexity index is 916. The van der Waals surface area contributed by atoms with Crippen molar-refractivity contribution in [1.29, 1.82) is 5.26 Å². The molecule has 0 saturated carbocycles. The predicted octanol–water partition coefficient (Wildman–Crippen LogP) is 0.865. The zero-order valence-electron chi connectivity index (χ0n) is 13.0. The van der Waals surface area contributed by atoms with Gasteiger partial charge in [0.15, 0.2) is 0 Å². The number of amides is 1. The van der Waals surface area contributed by atoms with Crippen molar-refractivity contribution >= 4 is 21.6 Å². The van der Waals surface area contributed by atoms with Crippen LogP contribution in [0.2, 0.25) is 0 Å². The maximum atomic E-state index is 12.1. The molecule has 0 radical (unpaired) electrons. The molecule has 2 aromatic rings. The lowest BCUT2D eigenvalue weighted by Gasteiger charge is -2.06. The van der Waals surface area contributed by atoms with Crippen LogP contribution in [-0.2, 0) is 21.4 Å². The van der Waals surface area contributed by atoms with Crippen LogP contribution in [0.4, 0.5) is 5.69 Å². The van der Waals surface area contributed by atoms with E-state index in [1.807, 2.05) is 0 Å². The molecule has 0 saturated heterocycles. The number of hydrogen-bond donors (Lipinski definition) is 3. The number of carbonyl (C=O) groups excluding carboxylic acids is 1. The van der Waals surface area contributed by atoms with Gasteiger partial charge >= 0.3 is 0 Å². The predicted molar refractivity (Wildman–Crippen MR) is 91.2 cm³/mol. The zero-order chi connectivity index (χ0) is 18.3. The summed E-state index contributed by atoms with van der Waals surface area (Å²) in [5, 5.41) is 19.5. The molecule has 1 aromatic heterocycles.